The van der Waals surface area contributed by atoms with Gasteiger partial charge in [0.15, 0.2) is 0 Å². The summed E-state index contributed by atoms with van der Waals surface area (Å²) in [7, 11) is 0. The number of halogens is 1. The van der Waals surface area contributed by atoms with Crippen LogP contribution in [0.25, 0.3) is 0 Å². The molecule has 2 N–H and O–H groups in total. The number of allylic oxidation sites excluding steroid dienone is 2. The minimum absolute atomic E-state index is 0.00708. The Morgan fingerprint density at radius 3 is 2.17 bits per heavy atom. The number of carbonyl (C=O) groups excluding carboxylic acids is 2. The SMILES string of the molecule is CCCCCCCCCCCCCCOc1ccc(C(=O)O[C@H](C)COC(=O)CCCC=CC[C@@H]2[C@@H](C=CC[C@H](O)C3(CC)CCC3)[C@H](O)C[C@H]2Cl)cc1. The van der Waals surface area contributed by atoms with E-state index in [0.29, 0.717) is 31.4 Å². The van der Waals surface area contributed by atoms with Crippen molar-refractivity contribution in [3.63, 3.8) is 0 Å². The molecule has 0 bridgehead atoms. The number of aliphatic hydroxyl groups excluding tert-OH is 2. The zero-order chi connectivity index (χ0) is 39.0. The largest absolute Gasteiger partial charge is 0.494 e. The van der Waals surface area contributed by atoms with Crippen LogP contribution in [0.15, 0.2) is 48.6 Å². The van der Waals surface area contributed by atoms with Crippen LogP contribution in [0.4, 0.5) is 0 Å². The summed E-state index contributed by atoms with van der Waals surface area (Å²) in [6.07, 6.45) is 30.6. The number of carbonyl (C=O) groups is 2. The fraction of sp³-hybridized carbons (Fsp3) is 0.739. The van der Waals surface area contributed by atoms with Gasteiger partial charge in [0.25, 0.3) is 0 Å². The summed E-state index contributed by atoms with van der Waals surface area (Å²) in [6.45, 7) is 6.81. The van der Waals surface area contributed by atoms with Crippen molar-refractivity contribution in [2.45, 2.75) is 186 Å². The summed E-state index contributed by atoms with van der Waals surface area (Å²) in [5, 5.41) is 21.3. The van der Waals surface area contributed by atoms with Gasteiger partial charge in [0, 0.05) is 17.7 Å². The highest BCUT2D eigenvalue weighted by molar-refractivity contribution is 6.21. The third kappa shape index (κ3) is 16.8. The van der Waals surface area contributed by atoms with Crippen molar-refractivity contribution in [3.8, 4) is 5.75 Å². The van der Waals surface area contributed by atoms with Gasteiger partial charge in [0.1, 0.15) is 18.5 Å². The van der Waals surface area contributed by atoms with Crippen LogP contribution in [0.5, 0.6) is 5.75 Å². The van der Waals surface area contributed by atoms with Gasteiger partial charge < -0.3 is 24.4 Å². The summed E-state index contributed by atoms with van der Waals surface area (Å²) in [5.41, 5.74) is 0.502. The second-order valence-corrected chi connectivity index (χ2v) is 16.6. The molecular weight excluding hydrogens is 700 g/mol. The smallest absolute Gasteiger partial charge is 0.338 e. The van der Waals surface area contributed by atoms with Gasteiger partial charge in [-0.05, 0) is 100 Å². The molecule has 54 heavy (non-hydrogen) atoms. The normalized spacial score (nSPS) is 22.0. The summed E-state index contributed by atoms with van der Waals surface area (Å²) < 4.78 is 16.7. The fourth-order valence-corrected chi connectivity index (χ4v) is 8.41. The van der Waals surface area contributed by atoms with Crippen molar-refractivity contribution in [3.05, 3.63) is 54.1 Å². The van der Waals surface area contributed by atoms with Crippen molar-refractivity contribution in [1.29, 1.82) is 0 Å². The first-order valence-electron chi connectivity index (χ1n) is 21.6. The Labute approximate surface area is 332 Å². The van der Waals surface area contributed by atoms with Crippen LogP contribution in [0.2, 0.25) is 0 Å². The van der Waals surface area contributed by atoms with Crippen molar-refractivity contribution in [2.24, 2.45) is 17.3 Å². The molecule has 1 aromatic rings. The number of hydrogen-bond acceptors (Lipinski definition) is 7. The zero-order valence-corrected chi connectivity index (χ0v) is 34.6. The minimum Gasteiger partial charge on any atom is -0.494 e. The lowest BCUT2D eigenvalue weighted by Gasteiger charge is -2.45. The van der Waals surface area contributed by atoms with Gasteiger partial charge in [-0.15, -0.1) is 11.6 Å². The molecule has 2 fully saturated rings. The Bertz CT molecular complexity index is 1220. The first kappa shape index (κ1) is 46.0. The second-order valence-electron chi connectivity index (χ2n) is 16.1. The minimum atomic E-state index is -0.565. The molecule has 0 aliphatic heterocycles. The Morgan fingerprint density at radius 2 is 1.56 bits per heavy atom. The highest BCUT2D eigenvalue weighted by atomic mass is 35.5. The average Bonchev–Trinajstić information content (AvgIpc) is 3.41. The van der Waals surface area contributed by atoms with Gasteiger partial charge in [-0.2, -0.15) is 0 Å². The lowest BCUT2D eigenvalue weighted by Crippen LogP contribution is -2.40. The Hall–Kier alpha value is -2.35. The monoisotopic (exact) mass is 773 g/mol. The molecule has 6 atom stereocenters. The molecule has 0 aromatic heterocycles. The van der Waals surface area contributed by atoms with Crippen molar-refractivity contribution >= 4 is 23.5 Å². The number of benzene rings is 1. The molecule has 0 heterocycles. The summed E-state index contributed by atoms with van der Waals surface area (Å²) in [5.74, 6) is 0.0643. The molecule has 3 rings (SSSR count). The molecule has 8 heteroatoms. The van der Waals surface area contributed by atoms with E-state index in [1.165, 1.54) is 77.0 Å². The third-order valence-electron chi connectivity index (χ3n) is 11.8. The number of aliphatic hydroxyl groups is 2. The number of alkyl halides is 1. The van der Waals surface area contributed by atoms with E-state index in [9.17, 15) is 19.8 Å². The molecule has 2 aliphatic rings. The first-order valence-corrected chi connectivity index (χ1v) is 22.0. The zero-order valence-electron chi connectivity index (χ0n) is 33.9. The van der Waals surface area contributed by atoms with E-state index in [4.69, 9.17) is 25.8 Å². The van der Waals surface area contributed by atoms with E-state index in [0.717, 1.165) is 44.3 Å². The molecule has 0 spiro atoms. The van der Waals surface area contributed by atoms with Crippen LogP contribution in [0.1, 0.15) is 172 Å². The third-order valence-corrected chi connectivity index (χ3v) is 12.3. The number of esters is 2. The van der Waals surface area contributed by atoms with E-state index < -0.39 is 18.2 Å². The summed E-state index contributed by atoms with van der Waals surface area (Å²) >= 11 is 6.63. The molecule has 306 valence electrons. The molecule has 2 saturated carbocycles. The highest BCUT2D eigenvalue weighted by Crippen LogP contribution is 2.48. The van der Waals surface area contributed by atoms with Crippen molar-refractivity contribution < 1.29 is 34.0 Å². The van der Waals surface area contributed by atoms with Crippen LogP contribution in [-0.2, 0) is 14.3 Å². The maximum absolute atomic E-state index is 12.6. The van der Waals surface area contributed by atoms with E-state index in [2.05, 4.69) is 32.1 Å². The van der Waals surface area contributed by atoms with Crippen LogP contribution in [0.3, 0.4) is 0 Å². The average molecular weight is 774 g/mol. The summed E-state index contributed by atoms with van der Waals surface area (Å²) in [4.78, 5) is 24.9. The predicted octanol–water partition coefficient (Wildman–Crippen LogP) is 11.5. The van der Waals surface area contributed by atoms with Crippen LogP contribution in [0, 0.1) is 17.3 Å². The van der Waals surface area contributed by atoms with Crippen molar-refractivity contribution in [1.82, 2.24) is 0 Å². The highest BCUT2D eigenvalue weighted by Gasteiger charge is 2.42. The lowest BCUT2D eigenvalue weighted by atomic mass is 9.63. The van der Waals surface area contributed by atoms with Gasteiger partial charge in [-0.25, -0.2) is 4.79 Å². The molecule has 2 aliphatic carbocycles. The van der Waals surface area contributed by atoms with E-state index in [1.54, 1.807) is 31.2 Å². The molecular formula is C46H73ClO7. The van der Waals surface area contributed by atoms with Gasteiger partial charge in [-0.3, -0.25) is 4.79 Å². The van der Waals surface area contributed by atoms with Crippen LogP contribution >= 0.6 is 11.6 Å². The number of unbranched alkanes of at least 4 members (excludes halogenated alkanes) is 12. The molecule has 7 nitrogen and oxygen atoms in total. The molecule has 0 unspecified atom stereocenters. The number of hydrogen-bond donors (Lipinski definition) is 2. The van der Waals surface area contributed by atoms with E-state index >= 15 is 0 Å². The standard InChI is InChI=1S/C46H73ClO7/c1-4-6-7-8-9-10-11-12-13-14-17-20-33-52-38-29-27-37(28-30-38)45(51)54-36(3)35-53-44(50)26-19-16-15-18-23-39-40(42(48)34-41(39)47)24-21-25-43(49)46(5-2)31-22-32-46/h15,18,21,24,27-30,36,39-43,48-49H,4-14,16-17,19-20,22-23,25-26,31-35H2,1-3H3/t36-,39-,40-,41-,42-,43+/m1/s1. The predicted molar refractivity (Wildman–Crippen MR) is 220 cm³/mol. The molecule has 0 saturated heterocycles. The van der Waals surface area contributed by atoms with Crippen LogP contribution in [-0.4, -0.2) is 59.1 Å². The Balaban J connectivity index is 1.21. The summed E-state index contributed by atoms with van der Waals surface area (Å²) in [6, 6.07) is 6.99. The van der Waals surface area contributed by atoms with Crippen molar-refractivity contribution in [2.75, 3.05) is 13.2 Å². The Morgan fingerprint density at radius 1 is 0.907 bits per heavy atom. The van der Waals surface area contributed by atoms with Gasteiger partial charge in [0.05, 0.1) is 24.4 Å². The van der Waals surface area contributed by atoms with E-state index in [1.807, 2.05) is 6.08 Å². The second kappa shape index (κ2) is 26.5. The topological polar surface area (TPSA) is 102 Å². The lowest BCUT2D eigenvalue weighted by molar-refractivity contribution is -0.146. The van der Waals surface area contributed by atoms with Crippen LogP contribution < -0.4 is 4.74 Å². The molecule has 1 aromatic carbocycles. The maximum Gasteiger partial charge on any atom is 0.338 e. The number of rotatable bonds is 29. The quantitative estimate of drug-likeness (QED) is 0.0362. The maximum atomic E-state index is 12.6. The Kier molecular flexibility index (Phi) is 22.6. The van der Waals surface area contributed by atoms with E-state index in [-0.39, 0.29) is 47.7 Å². The van der Waals surface area contributed by atoms with Gasteiger partial charge in [0.2, 0.25) is 0 Å². The number of ether oxygens (including phenoxy) is 3. The molecule has 0 radical (unpaired) electrons. The fourth-order valence-electron chi connectivity index (χ4n) is 7.96. The first-order chi connectivity index (χ1) is 26.2. The van der Waals surface area contributed by atoms with Gasteiger partial charge >= 0.3 is 11.9 Å². The van der Waals surface area contributed by atoms with Gasteiger partial charge in [-0.1, -0.05) is 115 Å². The molecule has 0 amide bonds.